The summed E-state index contributed by atoms with van der Waals surface area (Å²) < 4.78 is 4.66. The molecule has 0 heterocycles. The van der Waals surface area contributed by atoms with Crippen LogP contribution in [0, 0.1) is 6.92 Å². The third kappa shape index (κ3) is 3.78. The molecule has 1 rings (SSSR count). The van der Waals surface area contributed by atoms with Crippen LogP contribution in [0.15, 0.2) is 18.2 Å². The van der Waals surface area contributed by atoms with Crippen molar-refractivity contribution in [2.24, 2.45) is 0 Å². The standard InChI is InChI=1S/C12H15NO3S/c1-8-4-5-9(12(15)16-2)10(6-8)13-11(14)7-17-3/h4-6H,7H2,1-3H3,(H,13,14). The Balaban J connectivity index is 2.99. The van der Waals surface area contributed by atoms with E-state index in [1.54, 1.807) is 18.2 Å². The Morgan fingerprint density at radius 1 is 1.41 bits per heavy atom. The van der Waals surface area contributed by atoms with Crippen molar-refractivity contribution in [2.45, 2.75) is 6.92 Å². The van der Waals surface area contributed by atoms with Crippen LogP contribution >= 0.6 is 11.8 Å². The third-order valence-corrected chi connectivity index (χ3v) is 2.68. The summed E-state index contributed by atoms with van der Waals surface area (Å²) >= 11 is 1.42. The zero-order valence-electron chi connectivity index (χ0n) is 10.1. The predicted octanol–water partition coefficient (Wildman–Crippen LogP) is 2.08. The Kier molecular flexibility index (Phi) is 5.03. The summed E-state index contributed by atoms with van der Waals surface area (Å²) in [6, 6.07) is 5.21. The van der Waals surface area contributed by atoms with E-state index in [0.717, 1.165) is 5.56 Å². The van der Waals surface area contributed by atoms with Crippen LogP contribution in [0.3, 0.4) is 0 Å². The average Bonchev–Trinajstić information content (AvgIpc) is 2.28. The molecule has 5 heteroatoms. The molecule has 0 bridgehead atoms. The number of hydrogen-bond acceptors (Lipinski definition) is 4. The van der Waals surface area contributed by atoms with Crippen LogP contribution in [-0.2, 0) is 9.53 Å². The summed E-state index contributed by atoms with van der Waals surface area (Å²) in [4.78, 5) is 23.0. The lowest BCUT2D eigenvalue weighted by atomic mass is 10.1. The number of nitrogens with one attached hydrogen (secondary N) is 1. The Morgan fingerprint density at radius 2 is 2.12 bits per heavy atom. The molecular weight excluding hydrogens is 238 g/mol. The van der Waals surface area contributed by atoms with Crippen LogP contribution in [0.25, 0.3) is 0 Å². The van der Waals surface area contributed by atoms with E-state index < -0.39 is 5.97 Å². The van der Waals surface area contributed by atoms with Crippen LogP contribution in [0.4, 0.5) is 5.69 Å². The molecule has 0 aliphatic carbocycles. The van der Waals surface area contributed by atoms with Gasteiger partial charge in [-0.15, -0.1) is 0 Å². The molecule has 0 aromatic heterocycles. The first-order valence-corrected chi connectivity index (χ1v) is 6.45. The summed E-state index contributed by atoms with van der Waals surface area (Å²) in [7, 11) is 1.32. The topological polar surface area (TPSA) is 55.4 Å². The van der Waals surface area contributed by atoms with Crippen molar-refractivity contribution in [3.05, 3.63) is 29.3 Å². The van der Waals surface area contributed by atoms with Crippen molar-refractivity contribution in [3.8, 4) is 0 Å². The maximum atomic E-state index is 11.5. The summed E-state index contributed by atoms with van der Waals surface area (Å²) in [5.41, 5.74) is 1.83. The molecule has 92 valence electrons. The number of benzene rings is 1. The molecular formula is C12H15NO3S. The van der Waals surface area contributed by atoms with E-state index in [1.807, 2.05) is 13.2 Å². The van der Waals surface area contributed by atoms with Crippen molar-refractivity contribution < 1.29 is 14.3 Å². The van der Waals surface area contributed by atoms with Gasteiger partial charge in [-0.2, -0.15) is 11.8 Å². The van der Waals surface area contributed by atoms with Gasteiger partial charge in [0.2, 0.25) is 5.91 Å². The van der Waals surface area contributed by atoms with Crippen LogP contribution in [0.5, 0.6) is 0 Å². The lowest BCUT2D eigenvalue weighted by Gasteiger charge is -2.10. The summed E-state index contributed by atoms with van der Waals surface area (Å²) in [6.07, 6.45) is 1.84. The molecule has 0 spiro atoms. The van der Waals surface area contributed by atoms with Gasteiger partial charge in [-0.05, 0) is 30.9 Å². The van der Waals surface area contributed by atoms with Crippen molar-refractivity contribution in [1.82, 2.24) is 0 Å². The van der Waals surface area contributed by atoms with E-state index >= 15 is 0 Å². The number of hydrogen-bond donors (Lipinski definition) is 1. The molecule has 0 saturated heterocycles. The number of ether oxygens (including phenoxy) is 1. The molecule has 0 saturated carbocycles. The second-order valence-electron chi connectivity index (χ2n) is 3.52. The largest absolute Gasteiger partial charge is 0.465 e. The number of esters is 1. The number of aryl methyl sites for hydroxylation is 1. The number of carbonyl (C=O) groups excluding carboxylic acids is 2. The molecule has 4 nitrogen and oxygen atoms in total. The van der Waals surface area contributed by atoms with Gasteiger partial charge >= 0.3 is 5.97 Å². The number of rotatable bonds is 4. The Morgan fingerprint density at radius 3 is 2.71 bits per heavy atom. The van der Waals surface area contributed by atoms with Gasteiger partial charge in [-0.1, -0.05) is 6.07 Å². The number of carbonyl (C=O) groups is 2. The van der Waals surface area contributed by atoms with Crippen molar-refractivity contribution in [2.75, 3.05) is 24.4 Å². The second-order valence-corrected chi connectivity index (χ2v) is 4.39. The Hall–Kier alpha value is -1.49. The minimum absolute atomic E-state index is 0.131. The van der Waals surface area contributed by atoms with Gasteiger partial charge < -0.3 is 10.1 Å². The molecule has 1 amide bonds. The smallest absolute Gasteiger partial charge is 0.339 e. The maximum absolute atomic E-state index is 11.5. The predicted molar refractivity (Wildman–Crippen MR) is 69.5 cm³/mol. The molecule has 0 aliphatic heterocycles. The molecule has 17 heavy (non-hydrogen) atoms. The molecule has 0 radical (unpaired) electrons. The fraction of sp³-hybridized carbons (Fsp3) is 0.333. The molecule has 0 aliphatic rings. The molecule has 1 aromatic rings. The van der Waals surface area contributed by atoms with Gasteiger partial charge in [0.15, 0.2) is 0 Å². The van der Waals surface area contributed by atoms with E-state index in [4.69, 9.17) is 0 Å². The highest BCUT2D eigenvalue weighted by molar-refractivity contribution is 7.99. The third-order valence-electron chi connectivity index (χ3n) is 2.13. The maximum Gasteiger partial charge on any atom is 0.339 e. The fourth-order valence-corrected chi connectivity index (χ4v) is 1.70. The SMILES string of the molecule is COC(=O)c1ccc(C)cc1NC(=O)CSC. The fourth-order valence-electron chi connectivity index (χ4n) is 1.37. The Bertz CT molecular complexity index is 432. The second kappa shape index (κ2) is 6.30. The van der Waals surface area contributed by atoms with Crippen LogP contribution in [-0.4, -0.2) is 31.0 Å². The minimum Gasteiger partial charge on any atom is -0.465 e. The lowest BCUT2D eigenvalue weighted by Crippen LogP contribution is -2.17. The zero-order valence-corrected chi connectivity index (χ0v) is 10.9. The van der Waals surface area contributed by atoms with Crippen LogP contribution in [0.2, 0.25) is 0 Å². The van der Waals surface area contributed by atoms with Gasteiger partial charge in [0.1, 0.15) is 0 Å². The number of methoxy groups -OCH3 is 1. The monoisotopic (exact) mass is 253 g/mol. The van der Waals surface area contributed by atoms with Gasteiger partial charge in [0, 0.05) is 0 Å². The van der Waals surface area contributed by atoms with E-state index in [9.17, 15) is 9.59 Å². The number of thioether (sulfide) groups is 1. The van der Waals surface area contributed by atoms with E-state index in [2.05, 4.69) is 10.1 Å². The highest BCUT2D eigenvalue weighted by Crippen LogP contribution is 2.18. The first kappa shape index (κ1) is 13.6. The van der Waals surface area contributed by atoms with E-state index in [1.165, 1.54) is 18.9 Å². The quantitative estimate of drug-likeness (QED) is 0.835. The first-order chi connectivity index (χ1) is 8.08. The lowest BCUT2D eigenvalue weighted by molar-refractivity contribution is -0.113. The highest BCUT2D eigenvalue weighted by Gasteiger charge is 2.13. The van der Waals surface area contributed by atoms with Gasteiger partial charge in [-0.3, -0.25) is 4.79 Å². The van der Waals surface area contributed by atoms with Crippen LogP contribution < -0.4 is 5.32 Å². The first-order valence-electron chi connectivity index (χ1n) is 5.06. The van der Waals surface area contributed by atoms with E-state index in [0.29, 0.717) is 17.0 Å². The van der Waals surface area contributed by atoms with Crippen molar-refractivity contribution >= 4 is 29.3 Å². The van der Waals surface area contributed by atoms with E-state index in [-0.39, 0.29) is 5.91 Å². The normalized spacial score (nSPS) is 9.82. The molecule has 1 aromatic carbocycles. The summed E-state index contributed by atoms with van der Waals surface area (Å²) in [5, 5.41) is 2.71. The Labute approximate surface area is 105 Å². The number of anilines is 1. The van der Waals surface area contributed by atoms with Crippen LogP contribution in [0.1, 0.15) is 15.9 Å². The highest BCUT2D eigenvalue weighted by atomic mass is 32.2. The van der Waals surface area contributed by atoms with Crippen molar-refractivity contribution in [3.63, 3.8) is 0 Å². The molecule has 0 fully saturated rings. The van der Waals surface area contributed by atoms with Gasteiger partial charge in [0.05, 0.1) is 24.1 Å². The molecule has 0 atom stereocenters. The average molecular weight is 253 g/mol. The number of amides is 1. The van der Waals surface area contributed by atoms with Crippen molar-refractivity contribution in [1.29, 1.82) is 0 Å². The zero-order chi connectivity index (χ0) is 12.8. The minimum atomic E-state index is -0.454. The summed E-state index contributed by atoms with van der Waals surface area (Å²) in [6.45, 7) is 1.89. The van der Waals surface area contributed by atoms with Gasteiger partial charge in [0.25, 0.3) is 0 Å². The summed E-state index contributed by atoms with van der Waals surface area (Å²) in [5.74, 6) is -0.230. The molecule has 0 unspecified atom stereocenters. The molecule has 1 N–H and O–H groups in total. The van der Waals surface area contributed by atoms with Gasteiger partial charge in [-0.25, -0.2) is 4.79 Å².